The average Bonchev–Trinajstić information content (AvgIpc) is 2.33. The molecule has 1 radical (unpaired) electrons. The van der Waals surface area contributed by atoms with E-state index in [9.17, 15) is 5.11 Å². The number of aromatic hydroxyl groups is 1. The van der Waals surface area contributed by atoms with E-state index in [0.29, 0.717) is 6.61 Å². The summed E-state index contributed by atoms with van der Waals surface area (Å²) in [6.45, 7) is 6.05. The van der Waals surface area contributed by atoms with Crippen LogP contribution in [-0.4, -0.2) is 11.7 Å². The van der Waals surface area contributed by atoms with Gasteiger partial charge in [0, 0.05) is 5.56 Å². The molecule has 2 aromatic carbocycles. The number of ether oxygens (including phenoxy) is 1. The van der Waals surface area contributed by atoms with Gasteiger partial charge in [-0.15, -0.1) is 0 Å². The molecule has 0 bridgehead atoms. The van der Waals surface area contributed by atoms with Gasteiger partial charge in [-0.25, -0.2) is 0 Å². The van der Waals surface area contributed by atoms with Crippen LogP contribution in [0, 0.1) is 13.8 Å². The van der Waals surface area contributed by atoms with Gasteiger partial charge in [0.1, 0.15) is 11.5 Å². The molecule has 0 unspecified atom stereocenters. The molecule has 87 valence electrons. The Morgan fingerprint density at radius 2 is 1.88 bits per heavy atom. The molecule has 2 heteroatoms. The van der Waals surface area contributed by atoms with Gasteiger partial charge in [0.25, 0.3) is 0 Å². The first-order chi connectivity index (χ1) is 8.22. The van der Waals surface area contributed by atoms with Crippen molar-refractivity contribution >= 4 is 0 Å². The molecule has 0 aliphatic heterocycles. The number of hydrogen-bond donors (Lipinski definition) is 1. The monoisotopic (exact) mass is 227 g/mol. The van der Waals surface area contributed by atoms with Crippen molar-refractivity contribution in [2.75, 3.05) is 6.61 Å². The predicted octanol–water partition coefficient (Wildman–Crippen LogP) is 3.58. The van der Waals surface area contributed by atoms with Crippen molar-refractivity contribution in [1.29, 1.82) is 0 Å². The van der Waals surface area contributed by atoms with E-state index >= 15 is 0 Å². The molecule has 17 heavy (non-hydrogen) atoms. The van der Waals surface area contributed by atoms with Gasteiger partial charge >= 0.3 is 0 Å². The SMILES string of the molecule is [CH2]COc1ccc(C)c(-c2ccccc2O)c1. The van der Waals surface area contributed by atoms with Gasteiger partial charge < -0.3 is 9.84 Å². The number of rotatable bonds is 3. The summed E-state index contributed by atoms with van der Waals surface area (Å²) in [5.74, 6) is 1.05. The molecular weight excluding hydrogens is 212 g/mol. The third kappa shape index (κ3) is 2.41. The Labute approximate surface area is 101 Å². The lowest BCUT2D eigenvalue weighted by Crippen LogP contribution is -1.93. The Bertz CT molecular complexity index is 518. The van der Waals surface area contributed by atoms with E-state index in [1.165, 1.54) is 0 Å². The number of benzene rings is 2. The zero-order valence-electron chi connectivity index (χ0n) is 9.81. The minimum atomic E-state index is 0.280. The summed E-state index contributed by atoms with van der Waals surface area (Å²) in [4.78, 5) is 0. The summed E-state index contributed by atoms with van der Waals surface area (Å²) in [7, 11) is 0. The maximum Gasteiger partial charge on any atom is 0.123 e. The number of phenols is 1. The summed E-state index contributed by atoms with van der Waals surface area (Å²) in [5, 5.41) is 9.86. The van der Waals surface area contributed by atoms with Crippen LogP contribution in [0.1, 0.15) is 5.56 Å². The first-order valence-corrected chi connectivity index (χ1v) is 5.53. The second kappa shape index (κ2) is 4.91. The second-order valence-corrected chi connectivity index (χ2v) is 3.84. The summed E-state index contributed by atoms with van der Waals surface area (Å²) in [5.41, 5.74) is 2.90. The molecule has 0 spiro atoms. The van der Waals surface area contributed by atoms with E-state index in [-0.39, 0.29) is 5.75 Å². The highest BCUT2D eigenvalue weighted by atomic mass is 16.5. The Morgan fingerprint density at radius 1 is 1.12 bits per heavy atom. The van der Waals surface area contributed by atoms with Crippen molar-refractivity contribution in [3.63, 3.8) is 0 Å². The van der Waals surface area contributed by atoms with E-state index in [1.807, 2.05) is 43.3 Å². The van der Waals surface area contributed by atoms with Gasteiger partial charge in [-0.05, 0) is 43.2 Å². The maximum absolute atomic E-state index is 9.86. The highest BCUT2D eigenvalue weighted by Crippen LogP contribution is 2.33. The van der Waals surface area contributed by atoms with Gasteiger partial charge in [0.05, 0.1) is 6.61 Å². The fraction of sp³-hybridized carbons (Fsp3) is 0.133. The zero-order valence-corrected chi connectivity index (χ0v) is 9.81. The highest BCUT2D eigenvalue weighted by molar-refractivity contribution is 5.73. The van der Waals surface area contributed by atoms with Crippen LogP contribution in [0.2, 0.25) is 0 Å². The molecule has 2 nitrogen and oxygen atoms in total. The standard InChI is InChI=1S/C15H15O2/c1-3-17-12-9-8-11(2)14(10-12)13-6-4-5-7-15(13)16/h4-10,16H,1,3H2,2H3. The maximum atomic E-state index is 9.86. The van der Waals surface area contributed by atoms with E-state index < -0.39 is 0 Å². The van der Waals surface area contributed by atoms with Crippen LogP contribution in [0.15, 0.2) is 42.5 Å². The third-order valence-corrected chi connectivity index (χ3v) is 2.67. The molecule has 1 N–H and O–H groups in total. The Balaban J connectivity index is 2.51. The van der Waals surface area contributed by atoms with Crippen LogP contribution in [0.4, 0.5) is 0 Å². The molecule has 0 saturated heterocycles. The minimum Gasteiger partial charge on any atom is -0.507 e. The number of hydrogen-bond acceptors (Lipinski definition) is 2. The summed E-state index contributed by atoms with van der Waals surface area (Å²) in [6, 6.07) is 13.1. The molecular formula is C15H15O2. The van der Waals surface area contributed by atoms with Crippen molar-refractivity contribution in [3.05, 3.63) is 55.0 Å². The van der Waals surface area contributed by atoms with E-state index in [4.69, 9.17) is 4.74 Å². The molecule has 0 aliphatic carbocycles. The minimum absolute atomic E-state index is 0.280. The third-order valence-electron chi connectivity index (χ3n) is 2.67. The van der Waals surface area contributed by atoms with Crippen molar-refractivity contribution < 1.29 is 9.84 Å². The van der Waals surface area contributed by atoms with Crippen molar-refractivity contribution in [2.24, 2.45) is 0 Å². The molecule has 0 amide bonds. The van der Waals surface area contributed by atoms with Crippen LogP contribution < -0.4 is 4.74 Å². The fourth-order valence-electron chi connectivity index (χ4n) is 1.80. The predicted molar refractivity (Wildman–Crippen MR) is 69.1 cm³/mol. The molecule has 2 rings (SSSR count). The lowest BCUT2D eigenvalue weighted by atomic mass is 9.99. The smallest absolute Gasteiger partial charge is 0.123 e. The van der Waals surface area contributed by atoms with Crippen LogP contribution in [-0.2, 0) is 0 Å². The lowest BCUT2D eigenvalue weighted by molar-refractivity contribution is 0.361. The van der Waals surface area contributed by atoms with Crippen molar-refractivity contribution in [1.82, 2.24) is 0 Å². The largest absolute Gasteiger partial charge is 0.507 e. The van der Waals surface area contributed by atoms with E-state index in [1.54, 1.807) is 6.07 Å². The normalized spacial score (nSPS) is 10.2. The number of phenolic OH excluding ortho intramolecular Hbond substituents is 1. The first kappa shape index (κ1) is 11.5. The van der Waals surface area contributed by atoms with Gasteiger partial charge in [0.15, 0.2) is 0 Å². The molecule has 0 atom stereocenters. The van der Waals surface area contributed by atoms with Gasteiger partial charge in [-0.2, -0.15) is 0 Å². The van der Waals surface area contributed by atoms with Crippen LogP contribution in [0.5, 0.6) is 11.5 Å². The van der Waals surface area contributed by atoms with E-state index in [2.05, 4.69) is 6.92 Å². The Kier molecular flexibility index (Phi) is 3.33. The summed E-state index contributed by atoms with van der Waals surface area (Å²) < 4.78 is 5.37. The fourth-order valence-corrected chi connectivity index (χ4v) is 1.80. The molecule has 0 saturated carbocycles. The van der Waals surface area contributed by atoms with E-state index in [0.717, 1.165) is 22.4 Å². The van der Waals surface area contributed by atoms with Crippen molar-refractivity contribution in [2.45, 2.75) is 6.92 Å². The quantitative estimate of drug-likeness (QED) is 0.868. The Morgan fingerprint density at radius 3 is 2.59 bits per heavy atom. The molecule has 2 aromatic rings. The summed E-state index contributed by atoms with van der Waals surface area (Å²) in [6.07, 6.45) is 0. The van der Waals surface area contributed by atoms with Gasteiger partial charge in [0.2, 0.25) is 0 Å². The van der Waals surface area contributed by atoms with Gasteiger partial charge in [-0.3, -0.25) is 0 Å². The lowest BCUT2D eigenvalue weighted by Gasteiger charge is -2.10. The summed E-state index contributed by atoms with van der Waals surface area (Å²) >= 11 is 0. The van der Waals surface area contributed by atoms with Crippen LogP contribution >= 0.6 is 0 Å². The first-order valence-electron chi connectivity index (χ1n) is 5.53. The number of aryl methyl sites for hydroxylation is 1. The zero-order chi connectivity index (χ0) is 12.3. The molecule has 0 fully saturated rings. The molecule has 0 aliphatic rings. The topological polar surface area (TPSA) is 29.5 Å². The van der Waals surface area contributed by atoms with Gasteiger partial charge in [-0.1, -0.05) is 24.3 Å². The number of para-hydroxylation sites is 1. The van der Waals surface area contributed by atoms with Crippen LogP contribution in [0.3, 0.4) is 0 Å². The van der Waals surface area contributed by atoms with Crippen molar-refractivity contribution in [3.8, 4) is 22.6 Å². The van der Waals surface area contributed by atoms with Crippen LogP contribution in [0.25, 0.3) is 11.1 Å². The second-order valence-electron chi connectivity index (χ2n) is 3.84. The Hall–Kier alpha value is -1.96. The molecule has 0 heterocycles. The highest BCUT2D eigenvalue weighted by Gasteiger charge is 2.07. The molecule has 0 aromatic heterocycles. The average molecular weight is 227 g/mol.